The van der Waals surface area contributed by atoms with Crippen LogP contribution in [-0.2, 0) is 6.42 Å². The van der Waals surface area contributed by atoms with Crippen molar-refractivity contribution >= 4 is 38.4 Å². The van der Waals surface area contributed by atoms with Gasteiger partial charge in [0, 0.05) is 18.2 Å². The molecule has 3 aromatic heterocycles. The summed E-state index contributed by atoms with van der Waals surface area (Å²) in [6.07, 6.45) is 2.34. The van der Waals surface area contributed by atoms with E-state index in [0.717, 1.165) is 15.8 Å². The molecule has 9 nitrogen and oxygen atoms in total. The van der Waals surface area contributed by atoms with Crippen molar-refractivity contribution in [3.8, 4) is 22.4 Å². The zero-order chi connectivity index (χ0) is 25.0. The molecule has 0 amide bonds. The van der Waals surface area contributed by atoms with Crippen molar-refractivity contribution in [1.82, 2.24) is 19.7 Å². The Balaban J connectivity index is 1.48. The quantitative estimate of drug-likeness (QED) is 0.382. The van der Waals surface area contributed by atoms with Crippen molar-refractivity contribution in [2.24, 2.45) is 0 Å². The monoisotopic (exact) mass is 502 g/mol. The number of aromatic nitrogens is 4. The minimum atomic E-state index is -0.272. The molecule has 0 saturated heterocycles. The molecule has 0 radical (unpaired) electrons. The van der Waals surface area contributed by atoms with Crippen molar-refractivity contribution in [3.63, 3.8) is 0 Å². The Kier molecular flexibility index (Phi) is 5.26. The second-order valence-electron chi connectivity index (χ2n) is 8.58. The lowest BCUT2D eigenvalue weighted by molar-refractivity contribution is 0.0964. The van der Waals surface area contributed by atoms with Gasteiger partial charge in [0.2, 0.25) is 10.9 Å². The number of hydrogen-bond acceptors (Lipinski definition) is 8. The molecule has 3 heterocycles. The van der Waals surface area contributed by atoms with Gasteiger partial charge < -0.3 is 14.2 Å². The van der Waals surface area contributed by atoms with Gasteiger partial charge >= 0.3 is 0 Å². The van der Waals surface area contributed by atoms with Gasteiger partial charge in [-0.3, -0.25) is 14.7 Å². The lowest BCUT2D eigenvalue weighted by atomic mass is 9.79. The smallest absolute Gasteiger partial charge is 0.283 e. The number of thiazole rings is 1. The number of pyridine rings is 1. The number of ketones is 1. The number of hydrogen-bond donors (Lipinski definition) is 1. The summed E-state index contributed by atoms with van der Waals surface area (Å²) >= 11 is 1.41. The van der Waals surface area contributed by atoms with Crippen LogP contribution in [0, 0.1) is 0 Å². The largest absolute Gasteiger partial charge is 0.493 e. The molecule has 36 heavy (non-hydrogen) atoms. The lowest BCUT2D eigenvalue weighted by Gasteiger charge is -2.25. The molecule has 1 N–H and O–H groups in total. The van der Waals surface area contributed by atoms with Crippen LogP contribution in [0.3, 0.4) is 0 Å². The van der Waals surface area contributed by atoms with Crippen LogP contribution in [0.25, 0.3) is 26.4 Å². The first-order chi connectivity index (χ1) is 17.5. The molecule has 0 spiro atoms. The molecule has 6 rings (SSSR count). The van der Waals surface area contributed by atoms with Crippen LogP contribution in [0.2, 0.25) is 0 Å². The lowest BCUT2D eigenvalue weighted by Crippen LogP contribution is -2.22. The fourth-order valence-electron chi connectivity index (χ4n) is 4.90. The van der Waals surface area contributed by atoms with E-state index in [-0.39, 0.29) is 23.7 Å². The summed E-state index contributed by atoms with van der Waals surface area (Å²) in [7, 11) is 4.66. The summed E-state index contributed by atoms with van der Waals surface area (Å²) in [6, 6.07) is 11.4. The standard InChI is InChI=1S/C26H22N4O5S/c1-33-19-10-14(11-20(34-2)23(19)35-3)13-8-15-16(18(31)9-13)12-27-24-22(15)25(32)30(29-24)26-28-17-6-4-5-7-21(17)36-26/h4-7,10-13H,8-9H2,1-3H3,(H,27,29)/t13-/m0/s1. The van der Waals surface area contributed by atoms with Crippen LogP contribution in [0.1, 0.15) is 33.8 Å². The van der Waals surface area contributed by atoms with E-state index in [9.17, 15) is 9.59 Å². The first kappa shape index (κ1) is 22.3. The average Bonchev–Trinajstić information content (AvgIpc) is 3.48. The average molecular weight is 503 g/mol. The highest BCUT2D eigenvalue weighted by Crippen LogP contribution is 2.43. The Morgan fingerprint density at radius 2 is 1.78 bits per heavy atom. The molecule has 0 bridgehead atoms. The van der Waals surface area contributed by atoms with Crippen molar-refractivity contribution in [2.75, 3.05) is 21.3 Å². The van der Waals surface area contributed by atoms with Gasteiger partial charge in [0.15, 0.2) is 22.9 Å². The summed E-state index contributed by atoms with van der Waals surface area (Å²) in [6.45, 7) is 0. The maximum atomic E-state index is 13.6. The molecule has 5 aromatic rings. The number of rotatable bonds is 5. The summed E-state index contributed by atoms with van der Waals surface area (Å²) in [4.78, 5) is 35.8. The maximum Gasteiger partial charge on any atom is 0.283 e. The number of nitrogens with zero attached hydrogens (tertiary/aromatic N) is 3. The molecule has 1 aliphatic rings. The van der Waals surface area contributed by atoms with Gasteiger partial charge in [0.05, 0.1) is 36.9 Å². The second-order valence-corrected chi connectivity index (χ2v) is 9.59. The van der Waals surface area contributed by atoms with Gasteiger partial charge in [-0.2, -0.15) is 4.68 Å². The fourth-order valence-corrected chi connectivity index (χ4v) is 5.83. The van der Waals surface area contributed by atoms with E-state index < -0.39 is 0 Å². The van der Waals surface area contributed by atoms with Gasteiger partial charge in [-0.1, -0.05) is 23.5 Å². The van der Waals surface area contributed by atoms with Crippen LogP contribution in [0.4, 0.5) is 0 Å². The van der Waals surface area contributed by atoms with Crippen molar-refractivity contribution in [2.45, 2.75) is 18.8 Å². The first-order valence-electron chi connectivity index (χ1n) is 11.3. The number of ether oxygens (including phenoxy) is 3. The molecule has 0 fully saturated rings. The summed E-state index contributed by atoms with van der Waals surface area (Å²) < 4.78 is 18.8. The summed E-state index contributed by atoms with van der Waals surface area (Å²) in [5.74, 6) is 1.29. The van der Waals surface area contributed by atoms with Crippen molar-refractivity contribution in [3.05, 3.63) is 69.6 Å². The van der Waals surface area contributed by atoms with E-state index in [1.54, 1.807) is 27.5 Å². The number of methoxy groups -OCH3 is 3. The minimum Gasteiger partial charge on any atom is -0.493 e. The van der Waals surface area contributed by atoms with E-state index in [0.29, 0.717) is 51.0 Å². The number of carbonyl (C=O) groups excluding carboxylic acids is 1. The van der Waals surface area contributed by atoms with Gasteiger partial charge in [-0.05, 0) is 47.7 Å². The summed E-state index contributed by atoms with van der Waals surface area (Å²) in [5.41, 5.74) is 3.02. The van der Waals surface area contributed by atoms with E-state index in [1.165, 1.54) is 16.0 Å². The molecule has 182 valence electrons. The third kappa shape index (κ3) is 3.36. The minimum absolute atomic E-state index is 0.0588. The zero-order valence-corrected chi connectivity index (χ0v) is 20.6. The number of aromatic amines is 1. The number of Topliss-reactive ketones (excluding diaryl/α,β-unsaturated/α-hetero) is 1. The highest BCUT2D eigenvalue weighted by atomic mass is 32.1. The Labute approximate surface area is 209 Å². The third-order valence-corrected chi connectivity index (χ3v) is 7.66. The molecule has 0 saturated carbocycles. The van der Waals surface area contributed by atoms with Gasteiger partial charge in [0.25, 0.3) is 5.56 Å². The molecular weight excluding hydrogens is 480 g/mol. The molecule has 10 heteroatoms. The second kappa shape index (κ2) is 8.49. The van der Waals surface area contributed by atoms with Gasteiger partial charge in [-0.15, -0.1) is 0 Å². The predicted molar refractivity (Wildman–Crippen MR) is 136 cm³/mol. The highest BCUT2D eigenvalue weighted by Gasteiger charge is 2.31. The topological polar surface area (TPSA) is 108 Å². The van der Waals surface area contributed by atoms with Crippen LogP contribution in [0.5, 0.6) is 17.2 Å². The Hall–Kier alpha value is -4.18. The predicted octanol–water partition coefficient (Wildman–Crippen LogP) is 4.26. The van der Waals surface area contributed by atoms with E-state index in [1.807, 2.05) is 36.4 Å². The SMILES string of the molecule is COc1cc([C@@H]2CC(=O)c3cnc4[nH]n(-c5nc6ccccc6s5)c(=O)c4c3C2)cc(OC)c1OC. The normalized spacial score (nSPS) is 15.3. The Morgan fingerprint density at radius 1 is 1.03 bits per heavy atom. The molecule has 0 aliphatic heterocycles. The van der Waals surface area contributed by atoms with Crippen LogP contribution in [0.15, 0.2) is 47.4 Å². The third-order valence-electron chi connectivity index (χ3n) is 6.64. The fraction of sp³-hybridized carbons (Fsp3) is 0.231. The number of H-pyrrole nitrogens is 1. The number of fused-ring (bicyclic) bond motifs is 4. The zero-order valence-electron chi connectivity index (χ0n) is 19.8. The van der Waals surface area contributed by atoms with Crippen LogP contribution in [-0.4, -0.2) is 46.9 Å². The number of nitrogens with one attached hydrogen (secondary N) is 1. The maximum absolute atomic E-state index is 13.6. The Bertz CT molecular complexity index is 1660. The molecule has 1 atom stereocenters. The number of para-hydroxylation sites is 1. The Morgan fingerprint density at radius 3 is 2.47 bits per heavy atom. The summed E-state index contributed by atoms with van der Waals surface area (Å²) in [5, 5.41) is 4.02. The van der Waals surface area contributed by atoms with E-state index >= 15 is 0 Å². The van der Waals surface area contributed by atoms with Gasteiger partial charge in [-0.25, -0.2) is 9.97 Å². The number of benzene rings is 2. The first-order valence-corrected chi connectivity index (χ1v) is 12.2. The molecule has 2 aromatic carbocycles. The molecular formula is C26H22N4O5S. The van der Waals surface area contributed by atoms with Crippen LogP contribution >= 0.6 is 11.3 Å². The van der Waals surface area contributed by atoms with Crippen molar-refractivity contribution < 1.29 is 19.0 Å². The van der Waals surface area contributed by atoms with E-state index in [4.69, 9.17) is 14.2 Å². The molecule has 1 aliphatic carbocycles. The van der Waals surface area contributed by atoms with Crippen molar-refractivity contribution in [1.29, 1.82) is 0 Å². The van der Waals surface area contributed by atoms with Gasteiger partial charge in [0.1, 0.15) is 0 Å². The molecule has 0 unspecified atom stereocenters. The van der Waals surface area contributed by atoms with Crippen LogP contribution < -0.4 is 19.8 Å². The number of carbonyl (C=O) groups is 1. The van der Waals surface area contributed by atoms with E-state index in [2.05, 4.69) is 15.1 Å². The highest BCUT2D eigenvalue weighted by molar-refractivity contribution is 7.20.